The lowest BCUT2D eigenvalue weighted by atomic mass is 10.1. The van der Waals surface area contributed by atoms with Crippen LogP contribution in [0.4, 0.5) is 0 Å². The highest BCUT2D eigenvalue weighted by Crippen LogP contribution is 2.22. The van der Waals surface area contributed by atoms with Crippen molar-refractivity contribution >= 4 is 11.8 Å². The molecule has 0 amide bonds. The van der Waals surface area contributed by atoms with Crippen molar-refractivity contribution in [3.05, 3.63) is 35.7 Å². The van der Waals surface area contributed by atoms with Crippen LogP contribution in [0.5, 0.6) is 5.75 Å². The molecule has 3 N–H and O–H groups in total. The Bertz CT molecular complexity index is 512. The maximum Gasteiger partial charge on any atom is 0.208 e. The van der Waals surface area contributed by atoms with Gasteiger partial charge in [0.1, 0.15) is 11.6 Å². The van der Waals surface area contributed by atoms with Gasteiger partial charge in [-0.25, -0.2) is 4.98 Å². The van der Waals surface area contributed by atoms with Crippen molar-refractivity contribution in [1.29, 1.82) is 0 Å². The third-order valence-corrected chi connectivity index (χ3v) is 3.55. The Kier molecular flexibility index (Phi) is 4.81. The van der Waals surface area contributed by atoms with Crippen LogP contribution >= 0.6 is 11.8 Å². The van der Waals surface area contributed by atoms with Crippen molar-refractivity contribution in [2.24, 2.45) is 5.73 Å². The van der Waals surface area contributed by atoms with E-state index in [1.807, 2.05) is 38.1 Å². The number of thioether (sulfide) groups is 1. The molecule has 0 spiro atoms. The van der Waals surface area contributed by atoms with Gasteiger partial charge in [-0.05, 0) is 31.5 Å². The second-order valence-corrected chi connectivity index (χ2v) is 5.11. The molecule has 0 fully saturated rings. The van der Waals surface area contributed by atoms with Crippen molar-refractivity contribution in [3.8, 4) is 5.75 Å². The maximum absolute atomic E-state index is 6.15. The third kappa shape index (κ3) is 3.97. The molecule has 0 aliphatic rings. The molecule has 2 rings (SSSR count). The lowest BCUT2D eigenvalue weighted by Crippen LogP contribution is -2.13. The van der Waals surface area contributed by atoms with E-state index >= 15 is 0 Å². The monoisotopic (exact) mass is 278 g/mol. The van der Waals surface area contributed by atoms with Gasteiger partial charge in [0.15, 0.2) is 0 Å². The molecule has 0 saturated carbocycles. The highest BCUT2D eigenvalue weighted by Gasteiger charge is 2.09. The smallest absolute Gasteiger partial charge is 0.208 e. The largest absolute Gasteiger partial charge is 0.494 e. The van der Waals surface area contributed by atoms with Crippen LogP contribution < -0.4 is 10.5 Å². The Morgan fingerprint density at radius 1 is 1.37 bits per heavy atom. The number of ether oxygens (including phenoxy) is 1. The molecule has 1 atom stereocenters. The minimum Gasteiger partial charge on any atom is -0.494 e. The summed E-state index contributed by atoms with van der Waals surface area (Å²) in [4.78, 5) is 4.24. The van der Waals surface area contributed by atoms with Crippen molar-refractivity contribution in [2.75, 3.05) is 12.4 Å². The van der Waals surface area contributed by atoms with Crippen LogP contribution in [0, 0.1) is 6.92 Å². The molecule has 0 saturated heterocycles. The molecule has 0 radical (unpaired) electrons. The molecule has 1 heterocycles. The summed E-state index contributed by atoms with van der Waals surface area (Å²) in [6.07, 6.45) is 0. The first-order valence-corrected chi connectivity index (χ1v) is 7.17. The average molecular weight is 278 g/mol. The van der Waals surface area contributed by atoms with Crippen molar-refractivity contribution in [2.45, 2.75) is 25.0 Å². The Morgan fingerprint density at radius 2 is 2.11 bits per heavy atom. The molecule has 5 nitrogen and oxygen atoms in total. The van der Waals surface area contributed by atoms with E-state index in [1.165, 1.54) is 0 Å². The first kappa shape index (κ1) is 13.9. The topological polar surface area (TPSA) is 76.8 Å². The van der Waals surface area contributed by atoms with Crippen LogP contribution in [0.15, 0.2) is 29.4 Å². The van der Waals surface area contributed by atoms with E-state index in [0.717, 1.165) is 28.0 Å². The summed E-state index contributed by atoms with van der Waals surface area (Å²) >= 11 is 1.55. The SMILES string of the molecule is CCOc1ccc(C(N)CSc2n[nH]c(C)n2)cc1. The second-order valence-electron chi connectivity index (χ2n) is 4.12. The number of aromatic nitrogens is 3. The van der Waals surface area contributed by atoms with Gasteiger partial charge in [-0.15, -0.1) is 5.10 Å². The van der Waals surface area contributed by atoms with Gasteiger partial charge in [0, 0.05) is 11.8 Å². The Hall–Kier alpha value is -1.53. The van der Waals surface area contributed by atoms with Crippen molar-refractivity contribution in [1.82, 2.24) is 15.2 Å². The van der Waals surface area contributed by atoms with Crippen LogP contribution in [0.3, 0.4) is 0 Å². The first-order chi connectivity index (χ1) is 9.19. The summed E-state index contributed by atoms with van der Waals surface area (Å²) in [5, 5.41) is 7.62. The molecular weight excluding hydrogens is 260 g/mol. The molecule has 19 heavy (non-hydrogen) atoms. The maximum atomic E-state index is 6.15. The molecule has 1 aromatic heterocycles. The molecular formula is C13H18N4OS. The number of hydrogen-bond acceptors (Lipinski definition) is 5. The van der Waals surface area contributed by atoms with E-state index in [-0.39, 0.29) is 6.04 Å². The number of hydrogen-bond donors (Lipinski definition) is 2. The molecule has 6 heteroatoms. The average Bonchev–Trinajstić information content (AvgIpc) is 2.83. The summed E-state index contributed by atoms with van der Waals surface area (Å²) < 4.78 is 5.40. The summed E-state index contributed by atoms with van der Waals surface area (Å²) in [6, 6.07) is 7.85. The fourth-order valence-electron chi connectivity index (χ4n) is 1.63. The van der Waals surface area contributed by atoms with E-state index in [0.29, 0.717) is 6.61 Å². The second kappa shape index (κ2) is 6.58. The normalized spacial score (nSPS) is 12.4. The lowest BCUT2D eigenvalue weighted by molar-refractivity contribution is 0.340. The summed E-state index contributed by atoms with van der Waals surface area (Å²) in [5.41, 5.74) is 7.23. The number of aryl methyl sites for hydroxylation is 1. The van der Waals surface area contributed by atoms with E-state index in [4.69, 9.17) is 10.5 Å². The minimum absolute atomic E-state index is 0.0421. The number of nitrogens with one attached hydrogen (secondary N) is 1. The summed E-state index contributed by atoms with van der Waals surface area (Å²) in [6.45, 7) is 4.52. The van der Waals surface area contributed by atoms with Gasteiger partial charge in [0.25, 0.3) is 0 Å². The van der Waals surface area contributed by atoms with E-state index in [2.05, 4.69) is 15.2 Å². The Balaban J connectivity index is 1.90. The van der Waals surface area contributed by atoms with Crippen molar-refractivity contribution < 1.29 is 4.74 Å². The zero-order chi connectivity index (χ0) is 13.7. The highest BCUT2D eigenvalue weighted by atomic mass is 32.2. The number of nitrogens with two attached hydrogens (primary N) is 1. The highest BCUT2D eigenvalue weighted by molar-refractivity contribution is 7.99. The van der Waals surface area contributed by atoms with Gasteiger partial charge in [0.05, 0.1) is 6.61 Å². The molecule has 102 valence electrons. The molecule has 2 aromatic rings. The summed E-state index contributed by atoms with van der Waals surface area (Å²) in [5.74, 6) is 2.43. The van der Waals surface area contributed by atoms with Crippen LogP contribution in [0.25, 0.3) is 0 Å². The van der Waals surface area contributed by atoms with Crippen LogP contribution in [-0.2, 0) is 0 Å². The van der Waals surface area contributed by atoms with E-state index < -0.39 is 0 Å². The van der Waals surface area contributed by atoms with Gasteiger partial charge < -0.3 is 10.5 Å². The standard InChI is InChI=1S/C13H18N4OS/c1-3-18-11-6-4-10(5-7-11)12(14)8-19-13-15-9(2)16-17-13/h4-7,12H,3,8,14H2,1-2H3,(H,15,16,17). The predicted octanol–water partition coefficient (Wildman–Crippen LogP) is 2.30. The fraction of sp³-hybridized carbons (Fsp3) is 0.385. The van der Waals surface area contributed by atoms with Crippen LogP contribution in [-0.4, -0.2) is 27.5 Å². The number of benzene rings is 1. The molecule has 0 aliphatic carbocycles. The van der Waals surface area contributed by atoms with Gasteiger partial charge in [-0.3, -0.25) is 5.10 Å². The van der Waals surface area contributed by atoms with Crippen LogP contribution in [0.1, 0.15) is 24.4 Å². The number of rotatable bonds is 6. The van der Waals surface area contributed by atoms with E-state index in [1.54, 1.807) is 11.8 Å². The van der Waals surface area contributed by atoms with Crippen molar-refractivity contribution in [3.63, 3.8) is 0 Å². The number of H-pyrrole nitrogens is 1. The molecule has 0 bridgehead atoms. The predicted molar refractivity (Wildman–Crippen MR) is 76.4 cm³/mol. The van der Waals surface area contributed by atoms with Gasteiger partial charge in [-0.2, -0.15) is 0 Å². The first-order valence-electron chi connectivity index (χ1n) is 6.19. The fourth-order valence-corrected chi connectivity index (χ4v) is 2.46. The number of nitrogens with zero attached hydrogens (tertiary/aromatic N) is 2. The van der Waals surface area contributed by atoms with Crippen LogP contribution in [0.2, 0.25) is 0 Å². The Morgan fingerprint density at radius 3 is 2.68 bits per heavy atom. The zero-order valence-corrected chi connectivity index (χ0v) is 11.9. The number of aromatic amines is 1. The van der Waals surface area contributed by atoms with Gasteiger partial charge in [0.2, 0.25) is 5.16 Å². The molecule has 0 aliphatic heterocycles. The van der Waals surface area contributed by atoms with Gasteiger partial charge in [-0.1, -0.05) is 23.9 Å². The van der Waals surface area contributed by atoms with Gasteiger partial charge >= 0.3 is 0 Å². The zero-order valence-electron chi connectivity index (χ0n) is 11.1. The van der Waals surface area contributed by atoms with E-state index in [9.17, 15) is 0 Å². The third-order valence-electron chi connectivity index (χ3n) is 2.59. The lowest BCUT2D eigenvalue weighted by Gasteiger charge is -2.11. The summed E-state index contributed by atoms with van der Waals surface area (Å²) in [7, 11) is 0. The molecule has 1 aromatic carbocycles. The quantitative estimate of drug-likeness (QED) is 0.793. The Labute approximate surface area is 117 Å². The molecule has 1 unspecified atom stereocenters. The minimum atomic E-state index is -0.0421.